The molecule has 0 aromatic rings. The van der Waals surface area contributed by atoms with Crippen LogP contribution in [0.4, 0.5) is 0 Å². The minimum Gasteiger partial charge on any atom is -0.469 e. The van der Waals surface area contributed by atoms with Crippen LogP contribution in [-0.4, -0.2) is 105 Å². The highest BCUT2D eigenvalue weighted by Crippen LogP contribution is 2.45. The normalized spacial score (nSPS) is 19.3. The third-order valence-corrected chi connectivity index (χ3v) is 21.5. The Labute approximate surface area is 579 Å². The van der Waals surface area contributed by atoms with Crippen molar-refractivity contribution in [2.75, 3.05) is 69.1 Å². The summed E-state index contributed by atoms with van der Waals surface area (Å²) in [5.74, 6) is 7.30. The average molecular weight is 1340 g/mol. The Morgan fingerprint density at radius 3 is 0.653 bits per heavy atom. The molecule has 0 bridgehead atoms. The SMILES string of the molecule is C=C(C(C)C)C(CC(=O)OC)C1CC1.C=C(C(C)C)C(CC(=O)OC)C1CCC1.C=C(C(C)C)C(CC(=O)OC)C1CCCC1.C=C(C(C)C)C(CC(=O)OC)C1CCCCC1.C=C(C(C)C)C(CC(=O)OC)C1CCOC1.C=C(C(C)C)C(CC(=O)OC)C1CCOCC1. The van der Waals surface area contributed by atoms with Crippen LogP contribution in [0.3, 0.4) is 0 Å². The predicted molar refractivity (Wildman–Crippen MR) is 386 cm³/mol. The van der Waals surface area contributed by atoms with Crippen molar-refractivity contribution in [2.24, 2.45) is 107 Å². The second-order valence-electron chi connectivity index (χ2n) is 29.7. The molecular formula is C81H138O14. The van der Waals surface area contributed by atoms with Gasteiger partial charge in [-0.05, 0) is 177 Å². The van der Waals surface area contributed by atoms with E-state index >= 15 is 0 Å². The van der Waals surface area contributed by atoms with Gasteiger partial charge in [-0.3, -0.25) is 28.8 Å². The van der Waals surface area contributed by atoms with Crippen LogP contribution >= 0.6 is 0 Å². The molecule has 6 aliphatic rings. The maximum absolute atomic E-state index is 11.5. The van der Waals surface area contributed by atoms with Crippen LogP contribution in [0.5, 0.6) is 0 Å². The summed E-state index contributed by atoms with van der Waals surface area (Å²) < 4.78 is 39.4. The van der Waals surface area contributed by atoms with E-state index in [0.29, 0.717) is 133 Å². The van der Waals surface area contributed by atoms with Gasteiger partial charge in [0.05, 0.1) is 87.8 Å². The Morgan fingerprint density at radius 2 is 0.463 bits per heavy atom. The maximum Gasteiger partial charge on any atom is 0.306 e. The van der Waals surface area contributed by atoms with Crippen LogP contribution in [0.2, 0.25) is 0 Å². The molecule has 6 fully saturated rings. The first-order valence-corrected chi connectivity index (χ1v) is 36.5. The highest BCUT2D eigenvalue weighted by atomic mass is 16.5. The van der Waals surface area contributed by atoms with Crippen LogP contribution < -0.4 is 0 Å². The molecule has 546 valence electrons. The van der Waals surface area contributed by atoms with Gasteiger partial charge in [-0.2, -0.15) is 0 Å². The molecule has 14 nitrogen and oxygen atoms in total. The molecule has 0 radical (unpaired) electrons. The van der Waals surface area contributed by atoms with Gasteiger partial charge >= 0.3 is 35.8 Å². The van der Waals surface area contributed by atoms with Crippen molar-refractivity contribution >= 4 is 35.8 Å². The van der Waals surface area contributed by atoms with E-state index in [9.17, 15) is 28.8 Å². The fourth-order valence-corrected chi connectivity index (χ4v) is 14.0. The van der Waals surface area contributed by atoms with E-state index in [-0.39, 0.29) is 47.7 Å². The molecule has 0 spiro atoms. The van der Waals surface area contributed by atoms with E-state index in [1.165, 1.54) is 160 Å². The minimum absolute atomic E-state index is 0.0950. The molecule has 0 amide bonds. The first-order chi connectivity index (χ1) is 44.8. The molecule has 2 aliphatic heterocycles. The van der Waals surface area contributed by atoms with Gasteiger partial charge in [0.1, 0.15) is 0 Å². The Bertz CT molecular complexity index is 2220. The van der Waals surface area contributed by atoms with E-state index in [0.717, 1.165) is 51.3 Å². The monoisotopic (exact) mass is 1340 g/mol. The average Bonchev–Trinajstić information content (AvgIpc) is 2.05. The lowest BCUT2D eigenvalue weighted by atomic mass is 9.70. The molecule has 4 aliphatic carbocycles. The topological polar surface area (TPSA) is 176 Å². The number of methoxy groups -OCH3 is 6. The molecule has 6 rings (SSSR count). The fourth-order valence-electron chi connectivity index (χ4n) is 14.0. The molecule has 7 atom stereocenters. The Hall–Kier alpha value is -4.82. The summed E-state index contributed by atoms with van der Waals surface area (Å²) in [5, 5.41) is 0. The smallest absolute Gasteiger partial charge is 0.306 e. The van der Waals surface area contributed by atoms with E-state index in [1.54, 1.807) is 0 Å². The Balaban J connectivity index is 0.000000571. The van der Waals surface area contributed by atoms with Crippen molar-refractivity contribution in [3.63, 3.8) is 0 Å². The summed E-state index contributed by atoms with van der Waals surface area (Å²) in [6.07, 6.45) is 23.8. The molecule has 2 saturated heterocycles. The summed E-state index contributed by atoms with van der Waals surface area (Å²) in [6.45, 7) is 53.7. The number of rotatable bonds is 30. The highest BCUT2D eigenvalue weighted by Gasteiger charge is 2.37. The second kappa shape index (κ2) is 48.0. The lowest BCUT2D eigenvalue weighted by Gasteiger charge is -2.35. The van der Waals surface area contributed by atoms with Gasteiger partial charge in [-0.15, -0.1) is 0 Å². The van der Waals surface area contributed by atoms with Crippen molar-refractivity contribution in [3.05, 3.63) is 72.9 Å². The molecule has 0 N–H and O–H groups in total. The molecule has 4 saturated carbocycles. The van der Waals surface area contributed by atoms with Crippen molar-refractivity contribution in [1.82, 2.24) is 0 Å². The number of esters is 6. The zero-order valence-corrected chi connectivity index (χ0v) is 63.4. The van der Waals surface area contributed by atoms with Crippen LogP contribution in [0.25, 0.3) is 0 Å². The van der Waals surface area contributed by atoms with E-state index in [1.807, 2.05) is 0 Å². The molecule has 7 unspecified atom stereocenters. The van der Waals surface area contributed by atoms with Crippen LogP contribution in [0.1, 0.15) is 231 Å². The third-order valence-electron chi connectivity index (χ3n) is 21.5. The van der Waals surface area contributed by atoms with Gasteiger partial charge in [-0.1, -0.05) is 195 Å². The van der Waals surface area contributed by atoms with Crippen LogP contribution in [0.15, 0.2) is 72.9 Å². The number of allylic oxidation sites excluding steroid dienone is 6. The molecule has 95 heavy (non-hydrogen) atoms. The van der Waals surface area contributed by atoms with E-state index in [4.69, 9.17) is 37.9 Å². The lowest BCUT2D eigenvalue weighted by molar-refractivity contribution is -0.143. The van der Waals surface area contributed by atoms with Crippen LogP contribution in [-0.2, 0) is 66.7 Å². The maximum atomic E-state index is 11.5. The molecule has 0 aromatic heterocycles. The van der Waals surface area contributed by atoms with Crippen molar-refractivity contribution in [2.45, 2.75) is 231 Å². The van der Waals surface area contributed by atoms with Gasteiger partial charge in [0, 0.05) is 19.8 Å². The van der Waals surface area contributed by atoms with Crippen molar-refractivity contribution < 1.29 is 66.7 Å². The fraction of sp³-hybridized carbons (Fsp3) is 0.778. The first-order valence-electron chi connectivity index (χ1n) is 36.5. The summed E-state index contributed by atoms with van der Waals surface area (Å²) in [7, 11) is 8.72. The molecule has 2 heterocycles. The largest absolute Gasteiger partial charge is 0.469 e. The van der Waals surface area contributed by atoms with Gasteiger partial charge in [0.2, 0.25) is 0 Å². The van der Waals surface area contributed by atoms with E-state index in [2.05, 4.69) is 123 Å². The highest BCUT2D eigenvalue weighted by molar-refractivity contribution is 5.72. The van der Waals surface area contributed by atoms with Crippen molar-refractivity contribution in [1.29, 1.82) is 0 Å². The van der Waals surface area contributed by atoms with Gasteiger partial charge < -0.3 is 37.9 Å². The van der Waals surface area contributed by atoms with Crippen molar-refractivity contribution in [3.8, 4) is 0 Å². The standard InChI is InChI=1S/C15H26O2.C14H24O3.C14H24O2.C13H22O3.C13H22O2.C12H20O2/c1-11(2)12(3)14(10-15(16)17-4)13-8-6-5-7-9-13;1-10(2)11(3)13(9-14(15)16-4)12-5-7-17-8-6-12;1-10(2)11(3)13(9-14(15)16-4)12-7-5-6-8-12;1-9(2)10(3)12(7-13(14)15-4)11-5-6-16-8-11;1-9(2)10(3)12(8-13(14)15-4)11-6-5-7-11;1-8(2)9(3)11(10-5-6-10)7-12(13)14-4/h11,13-14H,3,5-10H2,1-2,4H3;10,12-13H,3,5-9H2,1-2,4H3;10,12-13H,3,5-9H2,1-2,4H3;9,11-12H,3,5-8H2,1-2,4H3;9,11-12H,3,5-8H2,1-2,4H3;8,10-11H,3,5-7H2,1-2,4H3. The summed E-state index contributed by atoms with van der Waals surface area (Å²) in [5.41, 5.74) is 7.17. The summed E-state index contributed by atoms with van der Waals surface area (Å²) in [4.78, 5) is 68.4. The zero-order chi connectivity index (χ0) is 72.1. The van der Waals surface area contributed by atoms with E-state index < -0.39 is 0 Å². The Morgan fingerprint density at radius 1 is 0.274 bits per heavy atom. The summed E-state index contributed by atoms with van der Waals surface area (Å²) in [6, 6.07) is 0. The molecule has 14 heteroatoms. The number of hydrogen-bond donors (Lipinski definition) is 0. The number of hydrogen-bond acceptors (Lipinski definition) is 14. The number of carbonyl (C=O) groups excluding carboxylic acids is 6. The second-order valence-corrected chi connectivity index (χ2v) is 29.7. The summed E-state index contributed by atoms with van der Waals surface area (Å²) >= 11 is 0. The first kappa shape index (κ1) is 88.2. The molecule has 0 aromatic carbocycles. The van der Waals surface area contributed by atoms with Gasteiger partial charge in [0.25, 0.3) is 0 Å². The molecular weight excluding hydrogens is 1200 g/mol. The van der Waals surface area contributed by atoms with Gasteiger partial charge in [0.15, 0.2) is 0 Å². The van der Waals surface area contributed by atoms with Gasteiger partial charge in [-0.25, -0.2) is 0 Å². The predicted octanol–water partition coefficient (Wildman–Crippen LogP) is 18.7. The number of ether oxygens (including phenoxy) is 8. The minimum atomic E-state index is -0.154. The zero-order valence-electron chi connectivity index (χ0n) is 63.4. The lowest BCUT2D eigenvalue weighted by Crippen LogP contribution is -2.28. The third kappa shape index (κ3) is 33.5. The number of carbonyl (C=O) groups is 6. The van der Waals surface area contributed by atoms with Crippen LogP contribution in [0, 0.1) is 107 Å². The Kier molecular flexibility index (Phi) is 44.6. The quantitative estimate of drug-likeness (QED) is 0.0377.